The fourth-order valence-corrected chi connectivity index (χ4v) is 3.02. The van der Waals surface area contributed by atoms with Crippen LogP contribution in [0.25, 0.3) is 0 Å². The van der Waals surface area contributed by atoms with Crippen molar-refractivity contribution in [2.45, 2.75) is 13.8 Å². The Labute approximate surface area is 171 Å². The van der Waals surface area contributed by atoms with Crippen molar-refractivity contribution in [2.75, 3.05) is 17.3 Å². The van der Waals surface area contributed by atoms with Gasteiger partial charge in [0.05, 0.1) is 6.21 Å². The predicted octanol–water partition coefficient (Wildman–Crippen LogP) is 5.39. The average Bonchev–Trinajstić information content (AvgIpc) is 2.71. The second kappa shape index (κ2) is 9.15. The standard InChI is InChI=1S/C23H24N4S/c1-17-9-14-22(18(2)15-17)25-23(28)26-24-16-19-10-12-21(13-11-19)27(3)20-7-5-4-6-8-20/h4-16H,1-3H3,(H2,25,26,28). The highest BCUT2D eigenvalue weighted by Crippen LogP contribution is 2.23. The van der Waals surface area contributed by atoms with Gasteiger partial charge in [0.15, 0.2) is 5.11 Å². The molecule has 3 aromatic rings. The van der Waals surface area contributed by atoms with Crippen LogP contribution in [-0.2, 0) is 0 Å². The molecule has 3 rings (SSSR count). The van der Waals surface area contributed by atoms with Crippen LogP contribution in [0.1, 0.15) is 16.7 Å². The molecule has 4 nitrogen and oxygen atoms in total. The summed E-state index contributed by atoms with van der Waals surface area (Å²) in [4.78, 5) is 2.14. The van der Waals surface area contributed by atoms with Crippen LogP contribution in [0, 0.1) is 13.8 Å². The molecule has 0 atom stereocenters. The normalized spacial score (nSPS) is 10.7. The number of aryl methyl sites for hydroxylation is 2. The van der Waals surface area contributed by atoms with Gasteiger partial charge in [0.25, 0.3) is 0 Å². The van der Waals surface area contributed by atoms with E-state index in [1.54, 1.807) is 6.21 Å². The van der Waals surface area contributed by atoms with E-state index in [0.29, 0.717) is 5.11 Å². The van der Waals surface area contributed by atoms with Gasteiger partial charge in [-0.15, -0.1) is 0 Å². The molecule has 0 aliphatic heterocycles. The molecule has 0 unspecified atom stereocenters. The molecule has 0 saturated heterocycles. The summed E-state index contributed by atoms with van der Waals surface area (Å²) in [5, 5.41) is 7.85. The van der Waals surface area contributed by atoms with E-state index in [-0.39, 0.29) is 0 Å². The second-order valence-corrected chi connectivity index (χ2v) is 7.04. The summed E-state index contributed by atoms with van der Waals surface area (Å²) in [5.41, 5.74) is 9.46. The Kier molecular flexibility index (Phi) is 6.40. The Morgan fingerprint density at radius 2 is 1.61 bits per heavy atom. The van der Waals surface area contributed by atoms with Crippen molar-refractivity contribution in [1.29, 1.82) is 0 Å². The summed E-state index contributed by atoms with van der Waals surface area (Å²) < 4.78 is 0. The lowest BCUT2D eigenvalue weighted by atomic mass is 10.1. The lowest BCUT2D eigenvalue weighted by molar-refractivity contribution is 1.05. The zero-order chi connectivity index (χ0) is 19.9. The van der Waals surface area contributed by atoms with E-state index in [0.717, 1.165) is 28.2 Å². The minimum Gasteiger partial charge on any atom is -0.345 e. The Bertz CT molecular complexity index is 966. The first kappa shape index (κ1) is 19.6. The Balaban J connectivity index is 1.56. The topological polar surface area (TPSA) is 39.7 Å². The zero-order valence-corrected chi connectivity index (χ0v) is 17.1. The quantitative estimate of drug-likeness (QED) is 0.349. The van der Waals surface area contributed by atoms with Crippen LogP contribution in [0.4, 0.5) is 17.1 Å². The van der Waals surface area contributed by atoms with Crippen LogP contribution in [-0.4, -0.2) is 18.4 Å². The molecule has 0 aliphatic rings. The zero-order valence-electron chi connectivity index (χ0n) is 16.3. The molecule has 0 fully saturated rings. The molecule has 3 aromatic carbocycles. The minimum atomic E-state index is 0.462. The third-order valence-electron chi connectivity index (χ3n) is 4.43. The first-order valence-corrected chi connectivity index (χ1v) is 9.50. The number of thiocarbonyl (C=S) groups is 1. The SMILES string of the molecule is Cc1ccc(NC(=S)NN=Cc2ccc(N(C)c3ccccc3)cc2)c(C)c1. The lowest BCUT2D eigenvalue weighted by Crippen LogP contribution is -2.24. The molecule has 0 heterocycles. The Morgan fingerprint density at radius 3 is 2.29 bits per heavy atom. The van der Waals surface area contributed by atoms with E-state index >= 15 is 0 Å². The molecule has 0 aromatic heterocycles. The molecule has 0 amide bonds. The number of anilines is 3. The van der Waals surface area contributed by atoms with Crippen molar-refractivity contribution in [3.05, 3.63) is 89.5 Å². The number of rotatable bonds is 5. The van der Waals surface area contributed by atoms with Gasteiger partial charge in [-0.3, -0.25) is 5.43 Å². The van der Waals surface area contributed by atoms with Crippen molar-refractivity contribution in [2.24, 2.45) is 5.10 Å². The van der Waals surface area contributed by atoms with Crippen LogP contribution in [0.15, 0.2) is 77.9 Å². The van der Waals surface area contributed by atoms with Gasteiger partial charge in [0.2, 0.25) is 0 Å². The van der Waals surface area contributed by atoms with E-state index < -0.39 is 0 Å². The maximum Gasteiger partial charge on any atom is 0.191 e. The molecule has 2 N–H and O–H groups in total. The lowest BCUT2D eigenvalue weighted by Gasteiger charge is -2.19. The summed E-state index contributed by atoms with van der Waals surface area (Å²) in [6.45, 7) is 4.12. The van der Waals surface area contributed by atoms with Crippen LogP contribution in [0.3, 0.4) is 0 Å². The van der Waals surface area contributed by atoms with Crippen molar-refractivity contribution < 1.29 is 0 Å². The highest BCUT2D eigenvalue weighted by Gasteiger charge is 2.03. The van der Waals surface area contributed by atoms with Gasteiger partial charge in [-0.2, -0.15) is 5.10 Å². The molecule has 0 aliphatic carbocycles. The number of nitrogens with one attached hydrogen (secondary N) is 2. The van der Waals surface area contributed by atoms with Crippen LogP contribution in [0.5, 0.6) is 0 Å². The Morgan fingerprint density at radius 1 is 0.929 bits per heavy atom. The number of para-hydroxylation sites is 1. The van der Waals surface area contributed by atoms with E-state index in [2.05, 4.69) is 78.0 Å². The third kappa shape index (κ3) is 5.18. The summed E-state index contributed by atoms with van der Waals surface area (Å²) in [5.74, 6) is 0. The van der Waals surface area contributed by atoms with Gasteiger partial charge < -0.3 is 10.2 Å². The summed E-state index contributed by atoms with van der Waals surface area (Å²) >= 11 is 5.31. The second-order valence-electron chi connectivity index (χ2n) is 6.63. The fourth-order valence-electron chi connectivity index (χ4n) is 2.85. The van der Waals surface area contributed by atoms with Gasteiger partial charge in [0, 0.05) is 24.1 Å². The predicted molar refractivity (Wildman–Crippen MR) is 124 cm³/mol. The molecule has 5 heteroatoms. The molecular weight excluding hydrogens is 364 g/mol. The molecule has 0 saturated carbocycles. The van der Waals surface area contributed by atoms with Crippen LogP contribution >= 0.6 is 12.2 Å². The molecule has 0 radical (unpaired) electrons. The maximum atomic E-state index is 5.31. The van der Waals surface area contributed by atoms with Gasteiger partial charge in [-0.1, -0.05) is 48.0 Å². The molecule has 0 spiro atoms. The number of hydrazone groups is 1. The highest BCUT2D eigenvalue weighted by atomic mass is 32.1. The number of hydrogen-bond donors (Lipinski definition) is 2. The van der Waals surface area contributed by atoms with E-state index in [1.165, 1.54) is 5.56 Å². The van der Waals surface area contributed by atoms with Crippen LogP contribution in [0.2, 0.25) is 0 Å². The number of hydrogen-bond acceptors (Lipinski definition) is 3. The summed E-state index contributed by atoms with van der Waals surface area (Å²) in [6, 6.07) is 24.6. The van der Waals surface area contributed by atoms with Gasteiger partial charge in [0.1, 0.15) is 0 Å². The minimum absolute atomic E-state index is 0.462. The molecule has 142 valence electrons. The van der Waals surface area contributed by atoms with E-state index in [4.69, 9.17) is 12.2 Å². The first-order valence-electron chi connectivity index (χ1n) is 9.09. The van der Waals surface area contributed by atoms with Crippen molar-refractivity contribution in [1.82, 2.24) is 5.43 Å². The third-order valence-corrected chi connectivity index (χ3v) is 4.63. The summed E-state index contributed by atoms with van der Waals surface area (Å²) in [7, 11) is 2.05. The Hall–Kier alpha value is -3.18. The van der Waals surface area contributed by atoms with Gasteiger partial charge in [-0.25, -0.2) is 0 Å². The van der Waals surface area contributed by atoms with E-state index in [1.807, 2.05) is 36.4 Å². The summed E-state index contributed by atoms with van der Waals surface area (Å²) in [6.07, 6.45) is 1.75. The van der Waals surface area contributed by atoms with Crippen molar-refractivity contribution in [3.63, 3.8) is 0 Å². The van der Waals surface area contributed by atoms with E-state index in [9.17, 15) is 0 Å². The van der Waals surface area contributed by atoms with Crippen molar-refractivity contribution >= 4 is 40.6 Å². The molecule has 28 heavy (non-hydrogen) atoms. The largest absolute Gasteiger partial charge is 0.345 e. The van der Waals surface area contributed by atoms with Gasteiger partial charge in [-0.05, 0) is 67.5 Å². The van der Waals surface area contributed by atoms with Crippen molar-refractivity contribution in [3.8, 4) is 0 Å². The van der Waals surface area contributed by atoms with Gasteiger partial charge >= 0.3 is 0 Å². The first-order chi connectivity index (χ1) is 13.5. The molecule has 0 bridgehead atoms. The molecular formula is C23H24N4S. The average molecular weight is 389 g/mol. The monoisotopic (exact) mass is 388 g/mol. The maximum absolute atomic E-state index is 5.31. The number of benzene rings is 3. The smallest absolute Gasteiger partial charge is 0.191 e. The fraction of sp³-hybridized carbons (Fsp3) is 0.130. The highest BCUT2D eigenvalue weighted by molar-refractivity contribution is 7.80. The van der Waals surface area contributed by atoms with Crippen LogP contribution < -0.4 is 15.6 Å². The number of nitrogens with zero attached hydrogens (tertiary/aromatic N) is 2.